The topological polar surface area (TPSA) is 38.8 Å². The Bertz CT molecular complexity index is 718. The number of alkyl halides is 1. The number of benzene rings is 2. The zero-order valence-electron chi connectivity index (χ0n) is 11.3. The lowest BCUT2D eigenvalue weighted by Gasteiger charge is -2.32. The Kier molecular flexibility index (Phi) is 3.01. The van der Waals surface area contributed by atoms with Crippen LogP contribution in [0, 0.1) is 5.92 Å². The number of fused-ring (bicyclic) bond motifs is 5. The third-order valence-corrected chi connectivity index (χ3v) is 4.39. The fraction of sp³-hybridized carbons (Fsp3) is 0.312. The summed E-state index contributed by atoms with van der Waals surface area (Å²) in [5.41, 5.74) is 1.03. The molecule has 0 aliphatic carbocycles. The van der Waals surface area contributed by atoms with E-state index in [1.54, 1.807) is 0 Å². The molecule has 1 saturated heterocycles. The number of nitrogens with zero attached hydrogens (tertiary/aromatic N) is 1. The number of hydrogen-bond donors (Lipinski definition) is 0. The van der Waals surface area contributed by atoms with E-state index in [1.165, 1.54) is 5.06 Å². The Morgan fingerprint density at radius 2 is 2.10 bits per heavy atom. The van der Waals surface area contributed by atoms with Crippen molar-refractivity contribution in [3.63, 3.8) is 0 Å². The summed E-state index contributed by atoms with van der Waals surface area (Å²) in [5.74, 6) is 0.692. The number of carbonyl (C=O) groups is 1. The second kappa shape index (κ2) is 4.90. The van der Waals surface area contributed by atoms with Crippen LogP contribution < -0.4 is 4.74 Å². The first-order valence-corrected chi connectivity index (χ1v) is 7.48. The molecule has 2 atom stereocenters. The van der Waals surface area contributed by atoms with Crippen molar-refractivity contribution >= 4 is 28.3 Å². The molecule has 2 heterocycles. The van der Waals surface area contributed by atoms with Crippen molar-refractivity contribution in [2.45, 2.75) is 6.04 Å². The van der Waals surface area contributed by atoms with Crippen molar-refractivity contribution in [2.75, 3.05) is 19.1 Å². The first kappa shape index (κ1) is 12.9. The lowest BCUT2D eigenvalue weighted by molar-refractivity contribution is -0.174. The Labute approximate surface area is 127 Å². The van der Waals surface area contributed by atoms with Crippen molar-refractivity contribution in [1.29, 1.82) is 0 Å². The Morgan fingerprint density at radius 1 is 1.24 bits per heavy atom. The minimum Gasteiger partial charge on any atom is -0.493 e. The molecule has 1 amide bonds. The number of rotatable bonds is 1. The molecule has 0 aromatic heterocycles. The highest BCUT2D eigenvalue weighted by atomic mass is 35.5. The molecule has 0 N–H and O–H groups in total. The first-order valence-electron chi connectivity index (χ1n) is 6.95. The normalized spacial score (nSPS) is 23.6. The maximum absolute atomic E-state index is 12.0. The third kappa shape index (κ3) is 1.90. The molecule has 0 spiro atoms. The third-order valence-electron chi connectivity index (χ3n) is 4.17. The first-order chi connectivity index (χ1) is 10.3. The second-order valence-electron chi connectivity index (χ2n) is 5.36. The summed E-state index contributed by atoms with van der Waals surface area (Å²) in [6.07, 6.45) is 0. The van der Waals surface area contributed by atoms with Gasteiger partial charge in [-0.25, -0.2) is 5.06 Å². The van der Waals surface area contributed by atoms with Gasteiger partial charge >= 0.3 is 0 Å². The fourth-order valence-corrected chi connectivity index (χ4v) is 3.34. The van der Waals surface area contributed by atoms with Gasteiger partial charge in [-0.05, 0) is 16.8 Å². The average molecular weight is 304 g/mol. The summed E-state index contributed by atoms with van der Waals surface area (Å²) in [7, 11) is 0. The van der Waals surface area contributed by atoms with Gasteiger partial charge in [-0.1, -0.05) is 30.3 Å². The van der Waals surface area contributed by atoms with Crippen LogP contribution in [-0.4, -0.2) is 30.1 Å². The zero-order valence-corrected chi connectivity index (χ0v) is 12.0. The van der Waals surface area contributed by atoms with Gasteiger partial charge in [-0.15, -0.1) is 11.6 Å². The SMILES string of the molecule is O=C(CCl)N1OC[C@H]2COc3ccc4ccccc4c3[C@H]21. The molecule has 2 aliphatic heterocycles. The quantitative estimate of drug-likeness (QED) is 0.760. The molecule has 1 fully saturated rings. The number of halogens is 1. The maximum Gasteiger partial charge on any atom is 0.261 e. The molecule has 0 saturated carbocycles. The minimum absolute atomic E-state index is 0.0792. The van der Waals surface area contributed by atoms with Crippen LogP contribution in [0.1, 0.15) is 11.6 Å². The van der Waals surface area contributed by atoms with E-state index in [0.29, 0.717) is 13.2 Å². The Balaban J connectivity index is 1.92. The summed E-state index contributed by atoms with van der Waals surface area (Å²) >= 11 is 5.71. The summed E-state index contributed by atoms with van der Waals surface area (Å²) in [6.45, 7) is 1.04. The lowest BCUT2D eigenvalue weighted by atomic mass is 9.88. The summed E-state index contributed by atoms with van der Waals surface area (Å²) < 4.78 is 5.86. The van der Waals surface area contributed by atoms with Crippen molar-refractivity contribution in [1.82, 2.24) is 5.06 Å². The molecular weight excluding hydrogens is 290 g/mol. The standard InChI is InChI=1S/C16H14ClNO3/c17-7-14(19)18-16-11(9-21-18)8-20-13-6-5-10-3-1-2-4-12(10)15(13)16/h1-6,11,16H,7-9H2/t11-,16+/m1/s1. The number of hydrogen-bond acceptors (Lipinski definition) is 3. The van der Waals surface area contributed by atoms with E-state index in [2.05, 4.69) is 12.1 Å². The lowest BCUT2D eigenvalue weighted by Crippen LogP contribution is -2.35. The van der Waals surface area contributed by atoms with Gasteiger partial charge in [-0.3, -0.25) is 9.63 Å². The molecule has 0 bridgehead atoms. The van der Waals surface area contributed by atoms with Crippen molar-refractivity contribution in [3.8, 4) is 5.75 Å². The van der Waals surface area contributed by atoms with Crippen molar-refractivity contribution in [2.24, 2.45) is 5.92 Å². The van der Waals surface area contributed by atoms with E-state index in [-0.39, 0.29) is 23.7 Å². The van der Waals surface area contributed by atoms with Gasteiger partial charge in [0.15, 0.2) is 0 Å². The van der Waals surface area contributed by atoms with Gasteiger partial charge in [0.2, 0.25) is 0 Å². The second-order valence-corrected chi connectivity index (χ2v) is 5.63. The maximum atomic E-state index is 12.0. The van der Waals surface area contributed by atoms with Crippen LogP contribution in [-0.2, 0) is 9.63 Å². The largest absolute Gasteiger partial charge is 0.493 e. The predicted molar refractivity (Wildman–Crippen MR) is 79.2 cm³/mol. The van der Waals surface area contributed by atoms with Gasteiger partial charge in [0, 0.05) is 11.5 Å². The zero-order chi connectivity index (χ0) is 14.4. The van der Waals surface area contributed by atoms with E-state index in [1.807, 2.05) is 24.3 Å². The molecule has 5 heteroatoms. The summed E-state index contributed by atoms with van der Waals surface area (Å²) in [4.78, 5) is 17.6. The van der Waals surface area contributed by atoms with Crippen LogP contribution >= 0.6 is 11.6 Å². The van der Waals surface area contributed by atoms with Crippen LogP contribution in [0.15, 0.2) is 36.4 Å². The van der Waals surface area contributed by atoms with Gasteiger partial charge < -0.3 is 4.74 Å². The van der Waals surface area contributed by atoms with E-state index in [9.17, 15) is 4.79 Å². The van der Waals surface area contributed by atoms with E-state index < -0.39 is 0 Å². The Hall–Kier alpha value is -1.78. The summed E-state index contributed by atoms with van der Waals surface area (Å²) in [6, 6.07) is 12.0. The molecule has 0 unspecified atom stereocenters. The highest BCUT2D eigenvalue weighted by molar-refractivity contribution is 6.27. The van der Waals surface area contributed by atoms with Gasteiger partial charge in [0.1, 0.15) is 11.6 Å². The minimum atomic E-state index is -0.204. The van der Waals surface area contributed by atoms with E-state index in [0.717, 1.165) is 22.1 Å². The van der Waals surface area contributed by atoms with Crippen molar-refractivity contribution in [3.05, 3.63) is 42.0 Å². The highest BCUT2D eigenvalue weighted by Crippen LogP contribution is 2.46. The van der Waals surface area contributed by atoms with Crippen LogP contribution in [0.25, 0.3) is 10.8 Å². The summed E-state index contributed by atoms with van der Waals surface area (Å²) in [5, 5.41) is 3.67. The predicted octanol–water partition coefficient (Wildman–Crippen LogP) is 2.90. The van der Waals surface area contributed by atoms with Crippen LogP contribution in [0.2, 0.25) is 0 Å². The van der Waals surface area contributed by atoms with Crippen LogP contribution in [0.3, 0.4) is 0 Å². The molecule has 2 aliphatic rings. The highest BCUT2D eigenvalue weighted by Gasteiger charge is 2.44. The number of amides is 1. The smallest absolute Gasteiger partial charge is 0.261 e. The van der Waals surface area contributed by atoms with Gasteiger partial charge in [0.25, 0.3) is 5.91 Å². The molecule has 4 rings (SSSR count). The Morgan fingerprint density at radius 3 is 2.95 bits per heavy atom. The molecule has 0 radical (unpaired) electrons. The fourth-order valence-electron chi connectivity index (χ4n) is 3.22. The molecule has 21 heavy (non-hydrogen) atoms. The van der Waals surface area contributed by atoms with Gasteiger partial charge in [-0.2, -0.15) is 0 Å². The molecule has 108 valence electrons. The van der Waals surface area contributed by atoms with Crippen molar-refractivity contribution < 1.29 is 14.4 Å². The average Bonchev–Trinajstić information content (AvgIpc) is 2.97. The number of carbonyl (C=O) groups excluding carboxylic acids is 1. The van der Waals surface area contributed by atoms with E-state index >= 15 is 0 Å². The van der Waals surface area contributed by atoms with Crippen LogP contribution in [0.5, 0.6) is 5.75 Å². The molecular formula is C16H14ClNO3. The number of hydroxylamine groups is 2. The molecule has 2 aromatic carbocycles. The van der Waals surface area contributed by atoms with Gasteiger partial charge in [0.05, 0.1) is 19.3 Å². The van der Waals surface area contributed by atoms with Crippen LogP contribution in [0.4, 0.5) is 0 Å². The monoisotopic (exact) mass is 303 g/mol. The molecule has 2 aromatic rings. The molecule has 4 nitrogen and oxygen atoms in total. The van der Waals surface area contributed by atoms with E-state index in [4.69, 9.17) is 21.2 Å². The number of ether oxygens (including phenoxy) is 1.